The fourth-order valence-electron chi connectivity index (χ4n) is 3.24. The summed E-state index contributed by atoms with van der Waals surface area (Å²) in [5, 5.41) is 2.23. The zero-order valence-corrected chi connectivity index (χ0v) is 24.7. The van der Waals surface area contributed by atoms with Crippen LogP contribution in [0.3, 0.4) is 0 Å². The molecule has 10 heteroatoms. The van der Waals surface area contributed by atoms with E-state index < -0.39 is 17.1 Å². The highest BCUT2D eigenvalue weighted by Crippen LogP contribution is 2.36. The molecule has 0 aromatic heterocycles. The molecule has 1 N–H and O–H groups in total. The van der Waals surface area contributed by atoms with E-state index in [4.69, 9.17) is 4.74 Å². The van der Waals surface area contributed by atoms with Gasteiger partial charge < -0.3 is 10.1 Å². The van der Waals surface area contributed by atoms with Crippen molar-refractivity contribution in [3.8, 4) is 5.75 Å². The zero-order chi connectivity index (χ0) is 24.9. The predicted octanol–water partition coefficient (Wildman–Crippen LogP) is 6.91. The standard InChI is InChI=1S/C25H17BrI2N2O4S/c26-18-8-4-5-9-20(18)29-22(31)13-30-24(32)21(35-25(30)33)11-16-10-17(27)12-19(28)23(16)34-14-15-6-2-1-3-7-15/h1-12H,13-14H2,(H,29,31)/b21-11+. The van der Waals surface area contributed by atoms with Gasteiger partial charge in [0, 0.05) is 13.6 Å². The van der Waals surface area contributed by atoms with Gasteiger partial charge in [0.15, 0.2) is 0 Å². The zero-order valence-electron chi connectivity index (χ0n) is 18.0. The average molecular weight is 775 g/mol. The molecule has 0 bridgehead atoms. The molecule has 0 spiro atoms. The third-order valence-corrected chi connectivity index (χ3v) is 7.90. The van der Waals surface area contributed by atoms with E-state index in [1.54, 1.807) is 24.3 Å². The number of para-hydroxylation sites is 1. The van der Waals surface area contributed by atoms with Crippen molar-refractivity contribution in [3.63, 3.8) is 0 Å². The first-order chi connectivity index (χ1) is 16.8. The topological polar surface area (TPSA) is 75.7 Å². The lowest BCUT2D eigenvalue weighted by molar-refractivity contribution is -0.127. The minimum atomic E-state index is -0.509. The molecule has 0 saturated carbocycles. The smallest absolute Gasteiger partial charge is 0.294 e. The third kappa shape index (κ3) is 6.66. The molecule has 0 radical (unpaired) electrons. The first-order valence-electron chi connectivity index (χ1n) is 10.3. The molecule has 1 fully saturated rings. The number of carbonyl (C=O) groups is 3. The lowest BCUT2D eigenvalue weighted by Crippen LogP contribution is -2.36. The number of nitrogens with zero attached hydrogens (tertiary/aromatic N) is 1. The van der Waals surface area contributed by atoms with Crippen LogP contribution in [0.1, 0.15) is 11.1 Å². The van der Waals surface area contributed by atoms with Crippen molar-refractivity contribution in [2.75, 3.05) is 11.9 Å². The van der Waals surface area contributed by atoms with Crippen molar-refractivity contribution in [3.05, 3.63) is 94.4 Å². The van der Waals surface area contributed by atoms with Gasteiger partial charge in [-0.15, -0.1) is 0 Å². The largest absolute Gasteiger partial charge is 0.487 e. The number of amides is 3. The lowest BCUT2D eigenvalue weighted by Gasteiger charge is -2.14. The van der Waals surface area contributed by atoms with E-state index in [1.165, 1.54) is 0 Å². The van der Waals surface area contributed by atoms with Gasteiger partial charge in [0.25, 0.3) is 11.1 Å². The Bertz CT molecular complexity index is 1330. The van der Waals surface area contributed by atoms with Gasteiger partial charge in [-0.3, -0.25) is 19.3 Å². The van der Waals surface area contributed by atoms with Crippen molar-refractivity contribution >= 4 is 102 Å². The van der Waals surface area contributed by atoms with Crippen LogP contribution < -0.4 is 10.1 Å². The van der Waals surface area contributed by atoms with Crippen LogP contribution in [0.2, 0.25) is 0 Å². The maximum absolute atomic E-state index is 13.0. The molecule has 1 aliphatic rings. The summed E-state index contributed by atoms with van der Waals surface area (Å²) in [6.45, 7) is -0.000463. The van der Waals surface area contributed by atoms with Crippen LogP contribution in [0.15, 0.2) is 76.1 Å². The molecule has 0 atom stereocenters. The van der Waals surface area contributed by atoms with Crippen molar-refractivity contribution < 1.29 is 19.1 Å². The van der Waals surface area contributed by atoms with Crippen LogP contribution in [0.5, 0.6) is 5.75 Å². The second kappa shape index (κ2) is 11.9. The minimum Gasteiger partial charge on any atom is -0.487 e. The molecular weight excluding hydrogens is 758 g/mol. The number of thioether (sulfide) groups is 1. The van der Waals surface area contributed by atoms with E-state index in [1.807, 2.05) is 48.5 Å². The van der Waals surface area contributed by atoms with Gasteiger partial charge in [-0.1, -0.05) is 42.5 Å². The lowest BCUT2D eigenvalue weighted by atomic mass is 10.1. The molecule has 178 valence electrons. The average Bonchev–Trinajstić information content (AvgIpc) is 3.08. The number of ether oxygens (including phenoxy) is 1. The SMILES string of the molecule is O=C(CN1C(=O)S/C(=C/c2cc(I)cc(I)c2OCc2ccccc2)C1=O)Nc1ccccc1Br. The molecule has 3 amide bonds. The number of hydrogen-bond donors (Lipinski definition) is 1. The van der Waals surface area contributed by atoms with Crippen LogP contribution in [0.25, 0.3) is 6.08 Å². The van der Waals surface area contributed by atoms with E-state index in [0.717, 1.165) is 29.4 Å². The molecule has 3 aromatic carbocycles. The normalized spacial score (nSPS) is 14.5. The highest BCUT2D eigenvalue weighted by atomic mass is 127. The quantitative estimate of drug-likeness (QED) is 0.209. The van der Waals surface area contributed by atoms with Crippen molar-refractivity contribution in [1.82, 2.24) is 4.90 Å². The molecule has 1 aliphatic heterocycles. The first-order valence-corrected chi connectivity index (χ1v) is 14.0. The summed E-state index contributed by atoms with van der Waals surface area (Å²) in [6, 6.07) is 20.8. The summed E-state index contributed by atoms with van der Waals surface area (Å²) in [7, 11) is 0. The van der Waals surface area contributed by atoms with Gasteiger partial charge in [-0.25, -0.2) is 0 Å². The first kappa shape index (κ1) is 26.2. The van der Waals surface area contributed by atoms with Crippen LogP contribution in [0.4, 0.5) is 10.5 Å². The molecule has 0 aliphatic carbocycles. The number of anilines is 1. The van der Waals surface area contributed by atoms with E-state index in [2.05, 4.69) is 66.4 Å². The molecule has 6 nitrogen and oxygen atoms in total. The van der Waals surface area contributed by atoms with Crippen LogP contribution in [-0.2, 0) is 16.2 Å². The van der Waals surface area contributed by atoms with Crippen molar-refractivity contribution in [2.45, 2.75) is 6.61 Å². The number of nitrogens with one attached hydrogen (secondary N) is 1. The summed E-state index contributed by atoms with van der Waals surface area (Å²) in [6.07, 6.45) is 1.65. The molecule has 0 unspecified atom stereocenters. The fourth-order valence-corrected chi connectivity index (χ4v) is 6.50. The number of imide groups is 1. The Labute approximate surface area is 242 Å². The van der Waals surface area contributed by atoms with Crippen LogP contribution >= 0.6 is 72.9 Å². The number of carbonyl (C=O) groups excluding carboxylic acids is 3. The molecular formula is C25H17BrI2N2O4S. The Morgan fingerprint density at radius 3 is 2.51 bits per heavy atom. The number of rotatable bonds is 7. The van der Waals surface area contributed by atoms with Crippen LogP contribution in [0, 0.1) is 7.14 Å². The molecule has 35 heavy (non-hydrogen) atoms. The van der Waals surface area contributed by atoms with E-state index >= 15 is 0 Å². The second-order valence-corrected chi connectivity index (χ2v) is 11.6. The van der Waals surface area contributed by atoms with Gasteiger partial charge in [0.1, 0.15) is 18.9 Å². The van der Waals surface area contributed by atoms with E-state index in [-0.39, 0.29) is 11.4 Å². The Morgan fingerprint density at radius 2 is 1.77 bits per heavy atom. The second-order valence-electron chi connectivity index (χ2n) is 7.38. The summed E-state index contributed by atoms with van der Waals surface area (Å²) < 4.78 is 8.68. The number of benzene rings is 3. The van der Waals surface area contributed by atoms with Gasteiger partial charge in [-0.05, 0) is 109 Å². The molecule has 3 aromatic rings. The maximum atomic E-state index is 13.0. The van der Waals surface area contributed by atoms with Crippen molar-refractivity contribution in [1.29, 1.82) is 0 Å². The Balaban J connectivity index is 1.52. The summed E-state index contributed by atoms with van der Waals surface area (Å²) in [5.41, 5.74) is 2.28. The summed E-state index contributed by atoms with van der Waals surface area (Å²) >= 11 is 8.58. The minimum absolute atomic E-state index is 0.242. The highest BCUT2D eigenvalue weighted by Gasteiger charge is 2.36. The Morgan fingerprint density at radius 1 is 1.06 bits per heavy atom. The fraction of sp³-hybridized carbons (Fsp3) is 0.0800. The Hall–Kier alpha value is -1.90. The van der Waals surface area contributed by atoms with Gasteiger partial charge in [-0.2, -0.15) is 0 Å². The number of halogens is 3. The molecule has 1 saturated heterocycles. The van der Waals surface area contributed by atoms with Gasteiger partial charge in [0.2, 0.25) is 5.91 Å². The van der Waals surface area contributed by atoms with Crippen LogP contribution in [-0.4, -0.2) is 28.5 Å². The molecule has 1 heterocycles. The highest BCUT2D eigenvalue weighted by molar-refractivity contribution is 14.1. The summed E-state index contributed by atoms with van der Waals surface area (Å²) in [5.74, 6) is -0.338. The number of hydrogen-bond acceptors (Lipinski definition) is 5. The Kier molecular flexibility index (Phi) is 8.89. The maximum Gasteiger partial charge on any atom is 0.294 e. The van der Waals surface area contributed by atoms with Gasteiger partial charge >= 0.3 is 0 Å². The third-order valence-electron chi connectivity index (χ3n) is 4.87. The monoisotopic (exact) mass is 774 g/mol. The van der Waals surface area contributed by atoms with E-state index in [0.29, 0.717) is 28.1 Å². The van der Waals surface area contributed by atoms with E-state index in [9.17, 15) is 14.4 Å². The molecule has 4 rings (SSSR count). The van der Waals surface area contributed by atoms with Crippen molar-refractivity contribution in [2.24, 2.45) is 0 Å². The summed E-state index contributed by atoms with van der Waals surface area (Å²) in [4.78, 5) is 39.3. The van der Waals surface area contributed by atoms with Gasteiger partial charge in [0.05, 0.1) is 14.2 Å². The predicted molar refractivity (Wildman–Crippen MR) is 158 cm³/mol.